The van der Waals surface area contributed by atoms with Crippen molar-refractivity contribution in [2.75, 3.05) is 18.4 Å². The molecule has 2 fully saturated rings. The third kappa shape index (κ3) is 5.09. The molecule has 0 unspecified atom stereocenters. The van der Waals surface area contributed by atoms with Gasteiger partial charge in [0.1, 0.15) is 5.75 Å². The van der Waals surface area contributed by atoms with Gasteiger partial charge >= 0.3 is 0 Å². The van der Waals surface area contributed by atoms with Gasteiger partial charge in [-0.05, 0) is 50.8 Å². The van der Waals surface area contributed by atoms with E-state index in [1.54, 1.807) is 13.0 Å². The first-order valence-electron chi connectivity index (χ1n) is 11.8. The Hall–Kier alpha value is -2.13. The smallest absolute Gasteiger partial charge is 0.265 e. The zero-order valence-corrected chi connectivity index (χ0v) is 19.5. The molecule has 2 N–H and O–H groups in total. The van der Waals surface area contributed by atoms with Crippen molar-refractivity contribution in [1.82, 2.24) is 9.62 Å². The second-order valence-corrected chi connectivity index (χ2v) is 11.1. The summed E-state index contributed by atoms with van der Waals surface area (Å²) in [6.45, 7) is 2.25. The van der Waals surface area contributed by atoms with Crippen LogP contribution in [0.25, 0.3) is 0 Å². The van der Waals surface area contributed by atoms with Crippen LogP contribution in [0.15, 0.2) is 23.1 Å². The molecule has 2 amide bonds. The number of carbonyl (C=O) groups is 2. The summed E-state index contributed by atoms with van der Waals surface area (Å²) in [5.74, 6) is 0.0730. The minimum absolute atomic E-state index is 0.0652. The predicted molar refractivity (Wildman–Crippen MR) is 121 cm³/mol. The van der Waals surface area contributed by atoms with E-state index in [1.165, 1.54) is 35.7 Å². The molecule has 2 aliphatic heterocycles. The summed E-state index contributed by atoms with van der Waals surface area (Å²) < 4.78 is 33.3. The van der Waals surface area contributed by atoms with Gasteiger partial charge in [-0.2, -0.15) is 4.31 Å². The summed E-state index contributed by atoms with van der Waals surface area (Å²) >= 11 is 0. The van der Waals surface area contributed by atoms with Gasteiger partial charge in [0.25, 0.3) is 5.91 Å². The normalized spacial score (nSPS) is 23.9. The van der Waals surface area contributed by atoms with Crippen molar-refractivity contribution in [3.05, 3.63) is 18.2 Å². The summed E-state index contributed by atoms with van der Waals surface area (Å²) in [6, 6.07) is 4.78. The Morgan fingerprint density at radius 3 is 2.41 bits per heavy atom. The predicted octanol–water partition coefficient (Wildman–Crippen LogP) is 3.04. The molecule has 4 rings (SSSR count). The second kappa shape index (κ2) is 9.79. The molecule has 0 aromatic heterocycles. The summed E-state index contributed by atoms with van der Waals surface area (Å²) in [5.41, 5.74) is 0.364. The van der Waals surface area contributed by atoms with E-state index in [0.717, 1.165) is 25.7 Å². The number of hydrogen-bond acceptors (Lipinski definition) is 5. The van der Waals surface area contributed by atoms with Crippen molar-refractivity contribution >= 4 is 27.5 Å². The number of fused-ring (bicyclic) bond motifs is 1. The van der Waals surface area contributed by atoms with Gasteiger partial charge in [0, 0.05) is 25.0 Å². The first-order chi connectivity index (χ1) is 15.3. The molecule has 1 saturated heterocycles. The van der Waals surface area contributed by atoms with Crippen LogP contribution in [-0.4, -0.2) is 49.8 Å². The van der Waals surface area contributed by atoms with Gasteiger partial charge in [0.05, 0.1) is 10.6 Å². The van der Waals surface area contributed by atoms with E-state index in [9.17, 15) is 18.0 Å². The molecular formula is C23H33N3O5S. The third-order valence-corrected chi connectivity index (χ3v) is 8.69. The number of rotatable bonds is 4. The Morgan fingerprint density at radius 1 is 1.06 bits per heavy atom. The maximum absolute atomic E-state index is 13.2. The fourth-order valence-corrected chi connectivity index (χ4v) is 6.27. The second-order valence-electron chi connectivity index (χ2n) is 9.14. The molecule has 32 heavy (non-hydrogen) atoms. The molecule has 1 aliphatic carbocycles. The Kier molecular flexibility index (Phi) is 7.05. The van der Waals surface area contributed by atoms with E-state index < -0.39 is 16.1 Å². The van der Waals surface area contributed by atoms with E-state index in [2.05, 4.69) is 10.6 Å². The molecule has 8 nitrogen and oxygen atoms in total. The van der Waals surface area contributed by atoms with Crippen LogP contribution in [0.5, 0.6) is 5.75 Å². The number of sulfonamides is 1. The lowest BCUT2D eigenvalue weighted by molar-refractivity contribution is -0.127. The minimum Gasteiger partial charge on any atom is -0.479 e. The van der Waals surface area contributed by atoms with Gasteiger partial charge in [-0.15, -0.1) is 0 Å². The highest BCUT2D eigenvalue weighted by Gasteiger charge is 2.34. The Morgan fingerprint density at radius 2 is 1.72 bits per heavy atom. The van der Waals surface area contributed by atoms with E-state index in [1.807, 2.05) is 0 Å². The van der Waals surface area contributed by atoms with Gasteiger partial charge in [-0.25, -0.2) is 8.42 Å². The van der Waals surface area contributed by atoms with Crippen LogP contribution in [0, 0.1) is 5.92 Å². The number of ether oxygens (including phenoxy) is 1. The Bertz CT molecular complexity index is 948. The fraction of sp³-hybridized carbons (Fsp3) is 0.652. The molecule has 0 bridgehead atoms. The first kappa shape index (κ1) is 23.0. The van der Waals surface area contributed by atoms with E-state index in [-0.39, 0.29) is 28.7 Å². The van der Waals surface area contributed by atoms with Crippen LogP contribution in [0.4, 0.5) is 5.69 Å². The first-order valence-corrected chi connectivity index (χ1v) is 13.2. The van der Waals surface area contributed by atoms with Gasteiger partial charge in [0.15, 0.2) is 6.10 Å². The van der Waals surface area contributed by atoms with Crippen molar-refractivity contribution in [1.29, 1.82) is 0 Å². The molecule has 1 saturated carbocycles. The van der Waals surface area contributed by atoms with Gasteiger partial charge < -0.3 is 15.4 Å². The fourth-order valence-electron chi connectivity index (χ4n) is 4.78. The molecule has 3 aliphatic rings. The average Bonchev–Trinajstić information content (AvgIpc) is 2.76. The monoisotopic (exact) mass is 463 g/mol. The summed E-state index contributed by atoms with van der Waals surface area (Å²) in [7, 11) is -3.72. The summed E-state index contributed by atoms with van der Waals surface area (Å²) in [5, 5.41) is 5.92. The zero-order valence-electron chi connectivity index (χ0n) is 18.6. The Balaban J connectivity index is 1.35. The SMILES string of the molecule is C[C@H]1Oc2ccc(S(=O)(=O)N3CCC(C(=O)NC4CCCCCCC4)CC3)cc2NC1=O. The lowest BCUT2D eigenvalue weighted by atomic mass is 9.94. The van der Waals surface area contributed by atoms with Crippen molar-refractivity contribution in [2.45, 2.75) is 81.8 Å². The molecule has 9 heteroatoms. The van der Waals surface area contributed by atoms with Gasteiger partial charge in [0.2, 0.25) is 15.9 Å². The standard InChI is InChI=1S/C23H33N3O5S/c1-16-22(27)25-20-15-19(9-10-21(20)31-16)32(29,30)26-13-11-17(12-14-26)23(28)24-18-7-5-3-2-4-6-8-18/h9-10,15-18H,2-8,11-14H2,1H3,(H,24,28)(H,25,27)/t16-/m1/s1. The van der Waals surface area contributed by atoms with Crippen LogP contribution < -0.4 is 15.4 Å². The molecule has 0 radical (unpaired) electrons. The number of anilines is 1. The van der Waals surface area contributed by atoms with E-state index in [4.69, 9.17) is 4.74 Å². The van der Waals surface area contributed by atoms with Crippen molar-refractivity contribution in [2.24, 2.45) is 5.92 Å². The molecular weight excluding hydrogens is 430 g/mol. The van der Waals surface area contributed by atoms with Crippen molar-refractivity contribution in [3.8, 4) is 5.75 Å². The lowest BCUT2D eigenvalue weighted by Gasteiger charge is -2.32. The minimum atomic E-state index is -3.72. The summed E-state index contributed by atoms with van der Waals surface area (Å²) in [4.78, 5) is 24.8. The van der Waals surface area contributed by atoms with Crippen molar-refractivity contribution in [3.63, 3.8) is 0 Å². The highest BCUT2D eigenvalue weighted by Crippen LogP contribution is 2.33. The van der Waals surface area contributed by atoms with E-state index in [0.29, 0.717) is 37.4 Å². The Labute approximate surface area is 190 Å². The number of nitrogens with one attached hydrogen (secondary N) is 2. The number of nitrogens with zero attached hydrogens (tertiary/aromatic N) is 1. The highest BCUT2D eigenvalue weighted by atomic mass is 32.2. The number of amides is 2. The highest BCUT2D eigenvalue weighted by molar-refractivity contribution is 7.89. The third-order valence-electron chi connectivity index (χ3n) is 6.80. The number of hydrogen-bond donors (Lipinski definition) is 2. The van der Waals surface area contributed by atoms with E-state index >= 15 is 0 Å². The zero-order chi connectivity index (χ0) is 22.7. The van der Waals surface area contributed by atoms with Crippen LogP contribution >= 0.6 is 0 Å². The molecule has 1 atom stereocenters. The van der Waals surface area contributed by atoms with Crippen LogP contribution in [-0.2, 0) is 19.6 Å². The van der Waals surface area contributed by atoms with Gasteiger partial charge in [-0.3, -0.25) is 9.59 Å². The number of carbonyl (C=O) groups excluding carboxylic acids is 2. The number of piperidine rings is 1. The summed E-state index contributed by atoms with van der Waals surface area (Å²) in [6.07, 6.45) is 8.57. The van der Waals surface area contributed by atoms with Crippen LogP contribution in [0.3, 0.4) is 0 Å². The lowest BCUT2D eigenvalue weighted by Crippen LogP contribution is -2.45. The molecule has 2 heterocycles. The maximum atomic E-state index is 13.2. The molecule has 1 aromatic rings. The largest absolute Gasteiger partial charge is 0.479 e. The maximum Gasteiger partial charge on any atom is 0.265 e. The molecule has 0 spiro atoms. The number of benzene rings is 1. The average molecular weight is 464 g/mol. The van der Waals surface area contributed by atoms with Crippen molar-refractivity contribution < 1.29 is 22.7 Å². The molecule has 176 valence electrons. The van der Waals surface area contributed by atoms with Crippen LogP contribution in [0.1, 0.15) is 64.7 Å². The van der Waals surface area contributed by atoms with Gasteiger partial charge in [-0.1, -0.05) is 32.1 Å². The molecule has 1 aromatic carbocycles. The van der Waals surface area contributed by atoms with Crippen LogP contribution in [0.2, 0.25) is 0 Å². The quantitative estimate of drug-likeness (QED) is 0.714. The topological polar surface area (TPSA) is 105 Å².